The summed E-state index contributed by atoms with van der Waals surface area (Å²) in [5, 5.41) is 14.5. The number of rotatable bonds is 7. The van der Waals surface area contributed by atoms with Crippen LogP contribution in [0.4, 0.5) is 4.79 Å². The molecule has 3 N–H and O–H groups in total. The van der Waals surface area contributed by atoms with E-state index in [0.717, 1.165) is 47.8 Å². The Morgan fingerprint density at radius 3 is 2.51 bits per heavy atom. The van der Waals surface area contributed by atoms with Crippen molar-refractivity contribution in [2.24, 2.45) is 5.92 Å². The highest BCUT2D eigenvalue weighted by atomic mass is 32.2. The molecule has 0 radical (unpaired) electrons. The average molecular weight is 804 g/mol. The minimum atomic E-state index is -4.00. The number of aromatic nitrogens is 1. The maximum atomic E-state index is 15.1. The van der Waals surface area contributed by atoms with E-state index in [1.54, 1.807) is 14.0 Å². The highest BCUT2D eigenvalue weighted by molar-refractivity contribution is 7.91. The Balaban J connectivity index is 1.10. The van der Waals surface area contributed by atoms with E-state index in [0.29, 0.717) is 69.3 Å². The summed E-state index contributed by atoms with van der Waals surface area (Å²) in [7, 11) is -2.38. The molecule has 1 aromatic heterocycles. The highest BCUT2D eigenvalue weighted by Gasteiger charge is 2.64. The molecule has 15 heteroatoms. The first kappa shape index (κ1) is 38.1. The van der Waals surface area contributed by atoms with Gasteiger partial charge in [0, 0.05) is 34.7 Å². The molecule has 4 saturated carbocycles. The predicted molar refractivity (Wildman–Crippen MR) is 209 cm³/mol. The topological polar surface area (TPSA) is 185 Å². The Bertz CT molecular complexity index is 2200. The van der Waals surface area contributed by atoms with Crippen molar-refractivity contribution in [2.75, 3.05) is 13.7 Å². The van der Waals surface area contributed by atoms with Gasteiger partial charge in [0.15, 0.2) is 0 Å². The number of pyridine rings is 1. The molecule has 4 aliphatic carbocycles. The van der Waals surface area contributed by atoms with Crippen molar-refractivity contribution in [3.63, 3.8) is 0 Å². The van der Waals surface area contributed by atoms with Gasteiger partial charge in [-0.1, -0.05) is 25.0 Å². The molecule has 306 valence electrons. The summed E-state index contributed by atoms with van der Waals surface area (Å²) in [6.07, 6.45) is 11.3. The molecule has 4 heterocycles. The lowest BCUT2D eigenvalue weighted by molar-refractivity contribution is -0.144. The number of carbonyl (C=O) groups excluding carboxylic acids is 3. The number of aryl methyl sites for hydroxylation is 1. The normalized spacial score (nSPS) is 32.0. The van der Waals surface area contributed by atoms with Gasteiger partial charge in [-0.15, -0.1) is 0 Å². The highest BCUT2D eigenvalue weighted by Crippen LogP contribution is 2.53. The molecule has 0 bridgehead atoms. The molecular weight excluding hydrogens is 751 g/mol. The fourth-order valence-corrected chi connectivity index (χ4v) is 10.9. The second-order valence-electron chi connectivity index (χ2n) is 18.3. The number of hydrogen-bond donors (Lipinski definition) is 3. The number of ether oxygens (including phenoxy) is 2. The zero-order valence-corrected chi connectivity index (χ0v) is 33.8. The van der Waals surface area contributed by atoms with Crippen molar-refractivity contribution in [3.8, 4) is 11.5 Å². The molecular formula is C42H53N5O9S. The van der Waals surface area contributed by atoms with Gasteiger partial charge in [-0.05, 0) is 109 Å². The first-order valence-electron chi connectivity index (χ1n) is 20.7. The van der Waals surface area contributed by atoms with E-state index in [2.05, 4.69) is 10.0 Å². The number of sulfonamides is 1. The number of allylic oxidation sites excluding steroid dienone is 1. The third-order valence-corrected chi connectivity index (χ3v) is 16.2. The molecule has 9 rings (SSSR count). The van der Waals surface area contributed by atoms with Crippen LogP contribution in [0.2, 0.25) is 0 Å². The molecule has 5 fully saturated rings. The lowest BCUT2D eigenvalue weighted by atomic mass is 9.86. The third-order valence-electron chi connectivity index (χ3n) is 14.0. The van der Waals surface area contributed by atoms with Crippen LogP contribution >= 0.6 is 0 Å². The van der Waals surface area contributed by atoms with Crippen molar-refractivity contribution in [3.05, 3.63) is 41.6 Å². The fraction of sp³-hybridized carbons (Fsp3) is 0.643. The molecule has 5 atom stereocenters. The number of nitrogens with zero attached hydrogens (tertiary/aromatic N) is 3. The van der Waals surface area contributed by atoms with Crippen LogP contribution in [0.1, 0.15) is 121 Å². The number of fused-ring (bicyclic) bond motifs is 5. The van der Waals surface area contributed by atoms with Crippen LogP contribution in [0.15, 0.2) is 30.4 Å². The Kier molecular flexibility index (Phi) is 8.91. The number of nitrogens with one attached hydrogen (secondary N) is 2. The number of methoxy groups -OCH3 is 1. The van der Waals surface area contributed by atoms with Crippen LogP contribution in [-0.4, -0.2) is 99.3 Å². The van der Waals surface area contributed by atoms with Gasteiger partial charge in [-0.2, -0.15) is 0 Å². The van der Waals surface area contributed by atoms with Gasteiger partial charge in [0.1, 0.15) is 34.7 Å². The minimum Gasteiger partial charge on any atom is -0.497 e. The van der Waals surface area contributed by atoms with E-state index < -0.39 is 73.3 Å². The van der Waals surface area contributed by atoms with Crippen molar-refractivity contribution in [2.45, 2.75) is 150 Å². The number of amides is 4. The van der Waals surface area contributed by atoms with E-state index in [4.69, 9.17) is 14.5 Å². The number of benzene rings is 1. The van der Waals surface area contributed by atoms with Crippen LogP contribution in [0.5, 0.6) is 11.5 Å². The van der Waals surface area contributed by atoms with Crippen LogP contribution in [0.3, 0.4) is 0 Å². The van der Waals surface area contributed by atoms with Crippen molar-refractivity contribution in [1.29, 1.82) is 0 Å². The van der Waals surface area contributed by atoms with E-state index >= 15 is 4.79 Å². The van der Waals surface area contributed by atoms with Crippen molar-refractivity contribution in [1.82, 2.24) is 24.8 Å². The zero-order valence-electron chi connectivity index (χ0n) is 33.0. The summed E-state index contributed by atoms with van der Waals surface area (Å²) in [4.78, 5) is 64.9. The molecule has 3 aliphatic heterocycles. The molecule has 1 spiro atoms. The summed E-state index contributed by atoms with van der Waals surface area (Å²) < 4.78 is 40.5. The van der Waals surface area contributed by atoms with Crippen molar-refractivity contribution < 1.29 is 42.2 Å². The molecule has 1 saturated heterocycles. The molecule has 2 aromatic rings. The van der Waals surface area contributed by atoms with Gasteiger partial charge in [-0.25, -0.2) is 18.2 Å². The maximum absolute atomic E-state index is 15.1. The Labute approximate surface area is 333 Å². The quantitative estimate of drug-likeness (QED) is 0.319. The maximum Gasteiger partial charge on any atom is 0.408 e. The summed E-state index contributed by atoms with van der Waals surface area (Å²) in [5.41, 5.74) is -0.481. The van der Waals surface area contributed by atoms with Gasteiger partial charge >= 0.3 is 6.09 Å². The lowest BCUT2D eigenvalue weighted by Gasteiger charge is -2.39. The van der Waals surface area contributed by atoms with Gasteiger partial charge in [0.25, 0.3) is 5.91 Å². The van der Waals surface area contributed by atoms with E-state index in [9.17, 15) is 27.9 Å². The van der Waals surface area contributed by atoms with Gasteiger partial charge < -0.3 is 24.8 Å². The monoisotopic (exact) mass is 803 g/mol. The van der Waals surface area contributed by atoms with Crippen LogP contribution < -0.4 is 19.5 Å². The van der Waals surface area contributed by atoms with E-state index in [-0.39, 0.29) is 25.3 Å². The molecule has 14 nitrogen and oxygen atoms in total. The standard InChI is InChI=1S/C42H53N5O9S/c1-39(17-18-39)47(38(51)52)31-10-8-6-4-5-7-9-26-22-42(26,37(50)45-57(53,54)40(2)19-20-40)44-35(48)32-23-41(24-46(32)36(31)49)16-15-28-29-21-27(55-3)13-14-30(29)43-33(25-11-12-25)34(28)56-41/h7,9,13-14,21,25-26,31-32H,4-6,8,10-12,15-20,22-24H2,1-3H3,(H,44,48)(H,45,50)(H,51,52)/b9-7-/t26-,31+,32+,41-,42-/m1/s1. The second kappa shape index (κ2) is 13.3. The number of carbonyl (C=O) groups is 4. The molecule has 7 aliphatic rings. The Hall–Kier alpha value is -4.40. The van der Waals surface area contributed by atoms with Gasteiger partial charge in [-0.3, -0.25) is 24.0 Å². The Morgan fingerprint density at radius 2 is 1.82 bits per heavy atom. The minimum absolute atomic E-state index is 0.0412. The molecule has 57 heavy (non-hydrogen) atoms. The first-order chi connectivity index (χ1) is 27.1. The van der Waals surface area contributed by atoms with Crippen LogP contribution in [0, 0.1) is 5.92 Å². The van der Waals surface area contributed by atoms with Gasteiger partial charge in [0.2, 0.25) is 21.8 Å². The summed E-state index contributed by atoms with van der Waals surface area (Å²) in [6, 6.07) is 3.68. The number of carboxylic acid groups (broad SMARTS) is 1. The van der Waals surface area contributed by atoms with Crippen LogP contribution in [-0.2, 0) is 30.8 Å². The molecule has 1 aromatic carbocycles. The smallest absolute Gasteiger partial charge is 0.408 e. The summed E-state index contributed by atoms with van der Waals surface area (Å²) in [6.45, 7) is 3.51. The molecule has 0 unspecified atom stereocenters. The summed E-state index contributed by atoms with van der Waals surface area (Å²) in [5.74, 6) is -0.655. The zero-order chi connectivity index (χ0) is 40.1. The molecule has 4 amide bonds. The Morgan fingerprint density at radius 1 is 1.05 bits per heavy atom. The van der Waals surface area contributed by atoms with Crippen LogP contribution in [0.25, 0.3) is 10.9 Å². The van der Waals surface area contributed by atoms with E-state index in [1.165, 1.54) is 9.80 Å². The second-order valence-corrected chi connectivity index (χ2v) is 20.5. The third kappa shape index (κ3) is 6.61. The predicted octanol–water partition coefficient (Wildman–Crippen LogP) is 5.08. The fourth-order valence-electron chi connectivity index (χ4n) is 9.54. The SMILES string of the molecule is COc1ccc2nc(C3CC3)c3c(c2c1)CC[C@]1(C[C@H]2C(=O)N[C@]4(C(=O)NS(=O)(=O)C5(C)CC5)C[C@H]4/C=C\CCCCC[C@H](N(C(=O)O)C4(C)CC4)C(=O)N2C1)O3. The summed E-state index contributed by atoms with van der Waals surface area (Å²) >= 11 is 0. The van der Waals surface area contributed by atoms with E-state index in [1.807, 2.05) is 37.3 Å². The van der Waals surface area contributed by atoms with Gasteiger partial charge in [0.05, 0.1) is 29.6 Å². The lowest BCUT2D eigenvalue weighted by Crippen LogP contribution is -2.60. The largest absolute Gasteiger partial charge is 0.497 e. The van der Waals surface area contributed by atoms with Crippen molar-refractivity contribution >= 4 is 44.7 Å². The number of hydrogen-bond acceptors (Lipinski definition) is 9. The first-order valence-corrected chi connectivity index (χ1v) is 22.2. The average Bonchev–Trinajstić information content (AvgIpc) is 3.99.